The molecule has 0 amide bonds. The van der Waals surface area contributed by atoms with Crippen LogP contribution in [0.5, 0.6) is 11.5 Å². The lowest BCUT2D eigenvalue weighted by Gasteiger charge is -2.10. The molecule has 2 rings (SSSR count). The number of rotatable bonds is 3. The van der Waals surface area contributed by atoms with Crippen molar-refractivity contribution in [2.75, 3.05) is 0 Å². The molecule has 4 heteroatoms. The van der Waals surface area contributed by atoms with Gasteiger partial charge in [0.2, 0.25) is 0 Å². The van der Waals surface area contributed by atoms with Crippen LogP contribution in [-0.2, 0) is 6.54 Å². The van der Waals surface area contributed by atoms with Crippen molar-refractivity contribution in [2.24, 2.45) is 5.73 Å². The summed E-state index contributed by atoms with van der Waals surface area (Å²) in [6, 6.07) is 8.68. The Balaban J connectivity index is 2.33. The van der Waals surface area contributed by atoms with Gasteiger partial charge in [-0.3, -0.25) is 0 Å². The van der Waals surface area contributed by atoms with Crippen molar-refractivity contribution < 1.29 is 13.5 Å². The van der Waals surface area contributed by atoms with Crippen molar-refractivity contribution in [2.45, 2.75) is 13.5 Å². The summed E-state index contributed by atoms with van der Waals surface area (Å²) in [5.41, 5.74) is 7.28. The maximum Gasteiger partial charge on any atom is 0.168 e. The van der Waals surface area contributed by atoms with E-state index in [1.807, 2.05) is 19.1 Å². The standard InChI is InChI=1S/C14H13F2NO/c1-9-2-3-10(8-17)6-14(9)18-13-5-4-11(15)7-12(13)16/h2-7H,8,17H2,1H3. The first-order valence-electron chi connectivity index (χ1n) is 5.52. The molecule has 0 heterocycles. The van der Waals surface area contributed by atoms with Gasteiger partial charge >= 0.3 is 0 Å². The summed E-state index contributed by atoms with van der Waals surface area (Å²) in [7, 11) is 0. The predicted octanol–water partition coefficient (Wildman–Crippen LogP) is 3.52. The van der Waals surface area contributed by atoms with E-state index in [-0.39, 0.29) is 5.75 Å². The Morgan fingerprint density at radius 1 is 1.06 bits per heavy atom. The molecule has 2 aromatic rings. The van der Waals surface area contributed by atoms with Crippen LogP contribution in [0.2, 0.25) is 0 Å². The number of halogens is 2. The number of aryl methyl sites for hydroxylation is 1. The molecule has 0 bridgehead atoms. The van der Waals surface area contributed by atoms with Gasteiger partial charge in [0.05, 0.1) is 0 Å². The fourth-order valence-corrected chi connectivity index (χ4v) is 1.56. The largest absolute Gasteiger partial charge is 0.454 e. The summed E-state index contributed by atoms with van der Waals surface area (Å²) >= 11 is 0. The number of hydrogen-bond acceptors (Lipinski definition) is 2. The molecule has 0 atom stereocenters. The maximum absolute atomic E-state index is 13.5. The van der Waals surface area contributed by atoms with E-state index in [0.29, 0.717) is 12.3 Å². The number of nitrogens with two attached hydrogens (primary N) is 1. The lowest BCUT2D eigenvalue weighted by atomic mass is 10.1. The van der Waals surface area contributed by atoms with Crippen molar-refractivity contribution in [1.29, 1.82) is 0 Å². The molecule has 2 aromatic carbocycles. The topological polar surface area (TPSA) is 35.2 Å². The predicted molar refractivity (Wildman–Crippen MR) is 65.5 cm³/mol. The normalized spacial score (nSPS) is 10.4. The van der Waals surface area contributed by atoms with Gasteiger partial charge in [0.1, 0.15) is 11.6 Å². The molecule has 2 nitrogen and oxygen atoms in total. The molecular weight excluding hydrogens is 236 g/mol. The molecule has 0 aromatic heterocycles. The van der Waals surface area contributed by atoms with Crippen LogP contribution in [-0.4, -0.2) is 0 Å². The fraction of sp³-hybridized carbons (Fsp3) is 0.143. The molecule has 0 aliphatic carbocycles. The summed E-state index contributed by atoms with van der Waals surface area (Å²) in [5, 5.41) is 0. The monoisotopic (exact) mass is 249 g/mol. The molecule has 0 aliphatic rings. The van der Waals surface area contributed by atoms with Gasteiger partial charge in [0.25, 0.3) is 0 Å². The highest BCUT2D eigenvalue weighted by Crippen LogP contribution is 2.28. The molecule has 94 valence electrons. The number of hydrogen-bond donors (Lipinski definition) is 1. The zero-order chi connectivity index (χ0) is 13.1. The SMILES string of the molecule is Cc1ccc(CN)cc1Oc1ccc(F)cc1F. The summed E-state index contributed by atoms with van der Waals surface area (Å²) in [6.07, 6.45) is 0. The van der Waals surface area contributed by atoms with E-state index >= 15 is 0 Å². The molecule has 0 fully saturated rings. The van der Waals surface area contributed by atoms with Crippen LogP contribution in [0.3, 0.4) is 0 Å². The van der Waals surface area contributed by atoms with Gasteiger partial charge in [-0.05, 0) is 36.2 Å². The quantitative estimate of drug-likeness (QED) is 0.903. The first-order chi connectivity index (χ1) is 8.60. The summed E-state index contributed by atoms with van der Waals surface area (Å²) in [6.45, 7) is 2.22. The molecule has 0 aliphatic heterocycles. The van der Waals surface area contributed by atoms with Gasteiger partial charge in [-0.2, -0.15) is 0 Å². The zero-order valence-electron chi connectivity index (χ0n) is 9.91. The lowest BCUT2D eigenvalue weighted by Crippen LogP contribution is -1.98. The van der Waals surface area contributed by atoms with E-state index in [4.69, 9.17) is 10.5 Å². The third-order valence-electron chi connectivity index (χ3n) is 2.60. The summed E-state index contributed by atoms with van der Waals surface area (Å²) < 4.78 is 31.7. The van der Waals surface area contributed by atoms with E-state index in [2.05, 4.69) is 0 Å². The average molecular weight is 249 g/mol. The van der Waals surface area contributed by atoms with E-state index < -0.39 is 11.6 Å². The van der Waals surface area contributed by atoms with Crippen LogP contribution in [0, 0.1) is 18.6 Å². The average Bonchev–Trinajstić information content (AvgIpc) is 2.35. The molecule has 2 N–H and O–H groups in total. The minimum absolute atomic E-state index is 0.00586. The molecule has 18 heavy (non-hydrogen) atoms. The van der Waals surface area contributed by atoms with Crippen LogP contribution in [0.25, 0.3) is 0 Å². The Kier molecular flexibility index (Phi) is 3.58. The second-order valence-electron chi connectivity index (χ2n) is 3.98. The van der Waals surface area contributed by atoms with Crippen molar-refractivity contribution in [3.05, 3.63) is 59.2 Å². The Bertz CT molecular complexity index is 570. The van der Waals surface area contributed by atoms with Crippen molar-refractivity contribution in [1.82, 2.24) is 0 Å². The highest BCUT2D eigenvalue weighted by atomic mass is 19.1. The molecule has 0 radical (unpaired) electrons. The Morgan fingerprint density at radius 2 is 1.83 bits per heavy atom. The van der Waals surface area contributed by atoms with Gasteiger partial charge in [0.15, 0.2) is 11.6 Å². The smallest absolute Gasteiger partial charge is 0.168 e. The van der Waals surface area contributed by atoms with Gasteiger partial charge in [0, 0.05) is 12.6 Å². The van der Waals surface area contributed by atoms with Gasteiger partial charge in [-0.1, -0.05) is 12.1 Å². The van der Waals surface area contributed by atoms with Crippen LogP contribution in [0.15, 0.2) is 36.4 Å². The van der Waals surface area contributed by atoms with Gasteiger partial charge < -0.3 is 10.5 Å². The molecular formula is C14H13F2NO. The maximum atomic E-state index is 13.5. The van der Waals surface area contributed by atoms with Crippen LogP contribution >= 0.6 is 0 Å². The van der Waals surface area contributed by atoms with Crippen LogP contribution in [0.1, 0.15) is 11.1 Å². The molecule has 0 saturated heterocycles. The van der Waals surface area contributed by atoms with Crippen LogP contribution < -0.4 is 10.5 Å². The van der Waals surface area contributed by atoms with Crippen molar-refractivity contribution in [3.63, 3.8) is 0 Å². The fourth-order valence-electron chi connectivity index (χ4n) is 1.56. The van der Waals surface area contributed by atoms with E-state index in [0.717, 1.165) is 23.3 Å². The summed E-state index contributed by atoms with van der Waals surface area (Å²) in [4.78, 5) is 0. The van der Waals surface area contributed by atoms with E-state index in [1.165, 1.54) is 6.07 Å². The molecule has 0 saturated carbocycles. The highest BCUT2D eigenvalue weighted by molar-refractivity contribution is 5.40. The van der Waals surface area contributed by atoms with E-state index in [1.54, 1.807) is 6.07 Å². The summed E-state index contributed by atoms with van der Waals surface area (Å²) in [5.74, 6) is -0.850. The van der Waals surface area contributed by atoms with Crippen molar-refractivity contribution >= 4 is 0 Å². The zero-order valence-corrected chi connectivity index (χ0v) is 9.91. The first kappa shape index (κ1) is 12.5. The minimum Gasteiger partial charge on any atom is -0.454 e. The number of ether oxygens (including phenoxy) is 1. The Labute approximate surface area is 104 Å². The third-order valence-corrected chi connectivity index (χ3v) is 2.60. The van der Waals surface area contributed by atoms with Crippen molar-refractivity contribution in [3.8, 4) is 11.5 Å². The molecule has 0 unspecified atom stereocenters. The third kappa shape index (κ3) is 2.65. The highest BCUT2D eigenvalue weighted by Gasteiger charge is 2.08. The number of benzene rings is 2. The second-order valence-corrected chi connectivity index (χ2v) is 3.98. The lowest BCUT2D eigenvalue weighted by molar-refractivity contribution is 0.434. The second kappa shape index (κ2) is 5.14. The first-order valence-corrected chi connectivity index (χ1v) is 5.52. The molecule has 0 spiro atoms. The minimum atomic E-state index is -0.729. The van der Waals surface area contributed by atoms with Crippen LogP contribution in [0.4, 0.5) is 8.78 Å². The van der Waals surface area contributed by atoms with Gasteiger partial charge in [-0.25, -0.2) is 8.78 Å². The Hall–Kier alpha value is -1.94. The van der Waals surface area contributed by atoms with E-state index in [9.17, 15) is 8.78 Å². The Morgan fingerprint density at radius 3 is 2.50 bits per heavy atom. The van der Waals surface area contributed by atoms with Gasteiger partial charge in [-0.15, -0.1) is 0 Å².